The van der Waals surface area contributed by atoms with Gasteiger partial charge in [0.05, 0.1) is 0 Å². The van der Waals surface area contributed by atoms with Gasteiger partial charge in [0, 0.05) is 45.3 Å². The number of hydrogen-bond acceptors (Lipinski definition) is 4. The number of likely N-dealkylation sites (N-methyl/N-ethyl adjacent to an activating group) is 1. The first-order chi connectivity index (χ1) is 11.6. The molecule has 0 saturated carbocycles. The standard InChI is InChI=1S/C19H29N3O2/c1-16-13-21(12-11-20(16)2)14-17-5-7-18(8-6-17)24-15-19(23)22-9-3-4-10-22/h5-8,16H,3-4,9-15H2,1-2H3/t16-/m1/s1. The summed E-state index contributed by atoms with van der Waals surface area (Å²) in [5.41, 5.74) is 1.30. The Morgan fingerprint density at radius 1 is 1.12 bits per heavy atom. The van der Waals surface area contributed by atoms with E-state index in [9.17, 15) is 4.79 Å². The highest BCUT2D eigenvalue weighted by Crippen LogP contribution is 2.16. The fourth-order valence-corrected chi connectivity index (χ4v) is 3.42. The Morgan fingerprint density at radius 2 is 1.83 bits per heavy atom. The summed E-state index contributed by atoms with van der Waals surface area (Å²) in [6.45, 7) is 8.51. The molecular formula is C19H29N3O2. The molecule has 1 aromatic rings. The summed E-state index contributed by atoms with van der Waals surface area (Å²) >= 11 is 0. The molecule has 5 heteroatoms. The van der Waals surface area contributed by atoms with Crippen LogP contribution in [0, 0.1) is 0 Å². The van der Waals surface area contributed by atoms with Crippen LogP contribution in [0.25, 0.3) is 0 Å². The second kappa shape index (κ2) is 7.99. The molecule has 1 aromatic carbocycles. The van der Waals surface area contributed by atoms with Crippen LogP contribution in [0.15, 0.2) is 24.3 Å². The van der Waals surface area contributed by atoms with Crippen molar-refractivity contribution < 1.29 is 9.53 Å². The van der Waals surface area contributed by atoms with Crippen molar-refractivity contribution in [3.63, 3.8) is 0 Å². The van der Waals surface area contributed by atoms with Crippen LogP contribution in [0.4, 0.5) is 0 Å². The molecule has 3 rings (SSSR count). The van der Waals surface area contributed by atoms with E-state index in [-0.39, 0.29) is 12.5 Å². The Morgan fingerprint density at radius 3 is 2.50 bits per heavy atom. The van der Waals surface area contributed by atoms with Gasteiger partial charge in [-0.3, -0.25) is 9.69 Å². The van der Waals surface area contributed by atoms with Gasteiger partial charge in [0.1, 0.15) is 5.75 Å². The van der Waals surface area contributed by atoms with Crippen molar-refractivity contribution in [1.82, 2.24) is 14.7 Å². The highest BCUT2D eigenvalue weighted by molar-refractivity contribution is 5.78. The third-order valence-electron chi connectivity index (χ3n) is 5.19. The first-order valence-corrected chi connectivity index (χ1v) is 9.04. The van der Waals surface area contributed by atoms with Crippen molar-refractivity contribution in [3.8, 4) is 5.75 Å². The van der Waals surface area contributed by atoms with Crippen LogP contribution < -0.4 is 4.74 Å². The molecule has 0 aliphatic carbocycles. The minimum atomic E-state index is 0.100. The molecule has 1 atom stereocenters. The summed E-state index contributed by atoms with van der Waals surface area (Å²) in [5.74, 6) is 0.876. The SMILES string of the molecule is C[C@@H]1CN(Cc2ccc(OCC(=O)N3CCCC3)cc2)CCN1C. The smallest absolute Gasteiger partial charge is 0.260 e. The number of rotatable bonds is 5. The maximum Gasteiger partial charge on any atom is 0.260 e. The number of piperazine rings is 1. The summed E-state index contributed by atoms with van der Waals surface area (Å²) in [5, 5.41) is 0. The molecule has 2 heterocycles. The Balaban J connectivity index is 1.45. The van der Waals surface area contributed by atoms with Gasteiger partial charge >= 0.3 is 0 Å². The molecule has 24 heavy (non-hydrogen) atoms. The first-order valence-electron chi connectivity index (χ1n) is 9.04. The van der Waals surface area contributed by atoms with Crippen molar-refractivity contribution >= 4 is 5.91 Å². The van der Waals surface area contributed by atoms with Crippen LogP contribution >= 0.6 is 0 Å². The molecule has 2 aliphatic rings. The monoisotopic (exact) mass is 331 g/mol. The van der Waals surface area contributed by atoms with Gasteiger partial charge in [-0.25, -0.2) is 0 Å². The number of hydrogen-bond donors (Lipinski definition) is 0. The van der Waals surface area contributed by atoms with Gasteiger partial charge < -0.3 is 14.5 Å². The normalized spacial score (nSPS) is 22.8. The van der Waals surface area contributed by atoms with Crippen LogP contribution in [-0.2, 0) is 11.3 Å². The molecule has 0 aromatic heterocycles. The maximum atomic E-state index is 12.0. The van der Waals surface area contributed by atoms with Crippen molar-refractivity contribution in [2.45, 2.75) is 32.4 Å². The Kier molecular flexibility index (Phi) is 5.74. The third kappa shape index (κ3) is 4.48. The van der Waals surface area contributed by atoms with Gasteiger partial charge in [0.15, 0.2) is 6.61 Å². The number of nitrogens with zero attached hydrogens (tertiary/aromatic N) is 3. The van der Waals surface area contributed by atoms with Crippen molar-refractivity contribution in [3.05, 3.63) is 29.8 Å². The van der Waals surface area contributed by atoms with Gasteiger partial charge in [-0.05, 0) is 44.5 Å². The van der Waals surface area contributed by atoms with E-state index in [0.29, 0.717) is 6.04 Å². The van der Waals surface area contributed by atoms with Gasteiger partial charge in [-0.2, -0.15) is 0 Å². The number of amides is 1. The van der Waals surface area contributed by atoms with E-state index in [0.717, 1.165) is 57.9 Å². The predicted octanol–water partition coefficient (Wildman–Crippen LogP) is 1.82. The fraction of sp³-hybridized carbons (Fsp3) is 0.632. The topological polar surface area (TPSA) is 36.0 Å². The second-order valence-corrected chi connectivity index (χ2v) is 7.09. The average molecular weight is 331 g/mol. The van der Waals surface area contributed by atoms with Crippen molar-refractivity contribution in [1.29, 1.82) is 0 Å². The van der Waals surface area contributed by atoms with E-state index in [2.05, 4.69) is 35.9 Å². The summed E-state index contributed by atoms with van der Waals surface area (Å²) in [6, 6.07) is 8.79. The molecule has 2 saturated heterocycles. The molecule has 0 spiro atoms. The predicted molar refractivity (Wildman–Crippen MR) is 95.1 cm³/mol. The summed E-state index contributed by atoms with van der Waals surface area (Å²) in [4.78, 5) is 18.8. The quantitative estimate of drug-likeness (QED) is 0.825. The second-order valence-electron chi connectivity index (χ2n) is 7.09. The molecule has 0 unspecified atom stereocenters. The number of ether oxygens (including phenoxy) is 1. The Labute approximate surface area is 145 Å². The highest BCUT2D eigenvalue weighted by Gasteiger charge is 2.20. The van der Waals surface area contributed by atoms with E-state index in [1.807, 2.05) is 17.0 Å². The lowest BCUT2D eigenvalue weighted by molar-refractivity contribution is -0.132. The zero-order valence-electron chi connectivity index (χ0n) is 14.9. The van der Waals surface area contributed by atoms with Gasteiger partial charge in [-0.15, -0.1) is 0 Å². The molecule has 2 fully saturated rings. The van der Waals surface area contributed by atoms with E-state index in [1.54, 1.807) is 0 Å². The van der Waals surface area contributed by atoms with Crippen LogP contribution in [0.1, 0.15) is 25.3 Å². The number of carbonyl (C=O) groups excluding carboxylic acids is 1. The van der Waals surface area contributed by atoms with Crippen LogP contribution in [0.5, 0.6) is 5.75 Å². The van der Waals surface area contributed by atoms with E-state index < -0.39 is 0 Å². The first kappa shape index (κ1) is 17.2. The lowest BCUT2D eigenvalue weighted by Gasteiger charge is -2.37. The molecule has 0 radical (unpaired) electrons. The number of benzene rings is 1. The molecule has 2 aliphatic heterocycles. The molecule has 132 valence electrons. The highest BCUT2D eigenvalue weighted by atomic mass is 16.5. The number of carbonyl (C=O) groups is 1. The zero-order chi connectivity index (χ0) is 16.9. The van der Waals surface area contributed by atoms with Crippen LogP contribution in [0.2, 0.25) is 0 Å². The summed E-state index contributed by atoms with van der Waals surface area (Å²) in [6.07, 6.45) is 2.23. The van der Waals surface area contributed by atoms with E-state index in [4.69, 9.17) is 4.74 Å². The fourth-order valence-electron chi connectivity index (χ4n) is 3.42. The van der Waals surface area contributed by atoms with Gasteiger partial charge in [0.2, 0.25) is 0 Å². The van der Waals surface area contributed by atoms with Crippen molar-refractivity contribution in [2.24, 2.45) is 0 Å². The van der Waals surface area contributed by atoms with E-state index >= 15 is 0 Å². The summed E-state index contributed by atoms with van der Waals surface area (Å²) in [7, 11) is 2.19. The molecule has 5 nitrogen and oxygen atoms in total. The molecular weight excluding hydrogens is 302 g/mol. The van der Waals surface area contributed by atoms with Gasteiger partial charge in [0.25, 0.3) is 5.91 Å². The van der Waals surface area contributed by atoms with Crippen LogP contribution in [0.3, 0.4) is 0 Å². The lowest BCUT2D eigenvalue weighted by atomic mass is 10.1. The number of likely N-dealkylation sites (tertiary alicyclic amines) is 1. The molecule has 1 amide bonds. The summed E-state index contributed by atoms with van der Waals surface area (Å²) < 4.78 is 5.64. The Hall–Kier alpha value is -1.59. The van der Waals surface area contributed by atoms with E-state index in [1.165, 1.54) is 5.56 Å². The minimum absolute atomic E-state index is 0.100. The molecule has 0 bridgehead atoms. The third-order valence-corrected chi connectivity index (χ3v) is 5.19. The van der Waals surface area contributed by atoms with Crippen LogP contribution in [-0.4, -0.2) is 73.0 Å². The Bertz CT molecular complexity index is 540. The van der Waals surface area contributed by atoms with Crippen molar-refractivity contribution in [2.75, 3.05) is 46.4 Å². The average Bonchev–Trinajstić information content (AvgIpc) is 3.12. The largest absolute Gasteiger partial charge is 0.484 e. The lowest BCUT2D eigenvalue weighted by Crippen LogP contribution is -2.49. The maximum absolute atomic E-state index is 12.0. The zero-order valence-corrected chi connectivity index (χ0v) is 14.9. The van der Waals surface area contributed by atoms with Gasteiger partial charge in [-0.1, -0.05) is 12.1 Å². The molecule has 0 N–H and O–H groups in total. The minimum Gasteiger partial charge on any atom is -0.484 e.